The minimum absolute atomic E-state index is 0.136. The van der Waals surface area contributed by atoms with Gasteiger partial charge in [-0.1, -0.05) is 32.9 Å². The Labute approximate surface area is 125 Å². The zero-order chi connectivity index (χ0) is 15.6. The zero-order valence-corrected chi connectivity index (χ0v) is 14.7. The van der Waals surface area contributed by atoms with Gasteiger partial charge >= 0.3 is 0 Å². The molecule has 0 spiro atoms. The van der Waals surface area contributed by atoms with Gasteiger partial charge in [0.1, 0.15) is 0 Å². The highest BCUT2D eigenvalue weighted by Gasteiger charge is 2.56. The third-order valence-corrected chi connectivity index (χ3v) is 5.12. The molecule has 3 heteroatoms. The first-order chi connectivity index (χ1) is 9.17. The minimum Gasteiger partial charge on any atom is -0.334 e. The third-order valence-electron chi connectivity index (χ3n) is 5.12. The van der Waals surface area contributed by atoms with E-state index in [4.69, 9.17) is 4.74 Å². The van der Waals surface area contributed by atoms with Crippen LogP contribution in [-0.2, 0) is 4.74 Å². The van der Waals surface area contributed by atoms with Gasteiger partial charge in [0.15, 0.2) is 12.0 Å². The number of allylic oxidation sites excluding steroid dienone is 2. The summed E-state index contributed by atoms with van der Waals surface area (Å²) in [6.07, 6.45) is 5.81. The van der Waals surface area contributed by atoms with Crippen LogP contribution in [0.2, 0.25) is 0 Å². The lowest BCUT2D eigenvalue weighted by Gasteiger charge is -2.31. The number of hydrogen-bond donors (Lipinski definition) is 1. The molecule has 0 radical (unpaired) electrons. The van der Waals surface area contributed by atoms with Crippen molar-refractivity contribution in [3.63, 3.8) is 0 Å². The molecule has 1 saturated heterocycles. The molecular formula is C17H34N2O. The van der Waals surface area contributed by atoms with Gasteiger partial charge in [0.2, 0.25) is 0 Å². The van der Waals surface area contributed by atoms with E-state index in [0.717, 1.165) is 13.0 Å². The quantitative estimate of drug-likeness (QED) is 0.544. The van der Waals surface area contributed by atoms with E-state index in [9.17, 15) is 0 Å². The van der Waals surface area contributed by atoms with Crippen molar-refractivity contribution in [3.05, 3.63) is 12.2 Å². The zero-order valence-electron chi connectivity index (χ0n) is 14.7. The average molecular weight is 282 g/mol. The van der Waals surface area contributed by atoms with Crippen LogP contribution in [0.4, 0.5) is 0 Å². The number of hydrogen-bond acceptors (Lipinski definition) is 3. The fourth-order valence-corrected chi connectivity index (χ4v) is 2.63. The van der Waals surface area contributed by atoms with E-state index in [1.807, 2.05) is 0 Å². The number of nitrogens with zero attached hydrogens (tertiary/aromatic N) is 1. The van der Waals surface area contributed by atoms with Crippen LogP contribution in [0.3, 0.4) is 0 Å². The fraction of sp³-hybridized carbons (Fsp3) is 0.882. The SMILES string of the molecule is CC=CC(C)(CCNC1OC1(C)N(C)C(C)C)C(C)C. The number of rotatable bonds is 8. The Hall–Kier alpha value is -0.380. The first kappa shape index (κ1) is 17.7. The maximum Gasteiger partial charge on any atom is 0.161 e. The molecule has 20 heavy (non-hydrogen) atoms. The lowest BCUT2D eigenvalue weighted by atomic mass is 9.76. The van der Waals surface area contributed by atoms with E-state index >= 15 is 0 Å². The van der Waals surface area contributed by atoms with Crippen molar-refractivity contribution in [2.24, 2.45) is 11.3 Å². The predicted molar refractivity (Wildman–Crippen MR) is 86.6 cm³/mol. The van der Waals surface area contributed by atoms with Crippen LogP contribution in [0.25, 0.3) is 0 Å². The first-order valence-electron chi connectivity index (χ1n) is 7.95. The molecule has 0 aromatic carbocycles. The number of epoxide rings is 1. The van der Waals surface area contributed by atoms with Gasteiger partial charge in [0.05, 0.1) is 0 Å². The lowest BCUT2D eigenvalue weighted by Crippen LogP contribution is -2.43. The van der Waals surface area contributed by atoms with Crippen LogP contribution >= 0.6 is 0 Å². The van der Waals surface area contributed by atoms with Crippen molar-refractivity contribution in [1.82, 2.24) is 10.2 Å². The molecule has 3 unspecified atom stereocenters. The molecule has 3 nitrogen and oxygen atoms in total. The Morgan fingerprint density at radius 3 is 2.40 bits per heavy atom. The molecule has 1 aliphatic rings. The van der Waals surface area contributed by atoms with Gasteiger partial charge in [-0.25, -0.2) is 0 Å². The standard InChI is InChI=1S/C17H34N2O/c1-9-10-16(6,13(2)3)11-12-18-15-17(7,20-15)19(8)14(4)5/h9-10,13-15,18H,11-12H2,1-8H3. The molecule has 1 fully saturated rings. The fourth-order valence-electron chi connectivity index (χ4n) is 2.63. The highest BCUT2D eigenvalue weighted by molar-refractivity contribution is 5.00. The summed E-state index contributed by atoms with van der Waals surface area (Å²) in [5.74, 6) is 0.644. The molecule has 0 aliphatic carbocycles. The normalized spacial score (nSPS) is 29.6. The number of nitrogens with one attached hydrogen (secondary N) is 1. The van der Waals surface area contributed by atoms with E-state index in [-0.39, 0.29) is 17.4 Å². The summed E-state index contributed by atoms with van der Waals surface area (Å²) in [4.78, 5) is 2.29. The van der Waals surface area contributed by atoms with E-state index < -0.39 is 0 Å². The maximum atomic E-state index is 5.86. The van der Waals surface area contributed by atoms with Crippen molar-refractivity contribution < 1.29 is 4.74 Å². The largest absolute Gasteiger partial charge is 0.334 e. The van der Waals surface area contributed by atoms with Gasteiger partial charge in [-0.15, -0.1) is 0 Å². The van der Waals surface area contributed by atoms with Crippen molar-refractivity contribution in [2.75, 3.05) is 13.6 Å². The Bertz CT molecular complexity index is 340. The van der Waals surface area contributed by atoms with E-state index in [1.165, 1.54) is 0 Å². The minimum atomic E-state index is -0.136. The molecule has 0 saturated carbocycles. The smallest absolute Gasteiger partial charge is 0.161 e. The summed E-state index contributed by atoms with van der Waals surface area (Å²) < 4.78 is 5.86. The lowest BCUT2D eigenvalue weighted by molar-refractivity contribution is 0.0922. The third kappa shape index (κ3) is 3.84. The topological polar surface area (TPSA) is 27.8 Å². The Morgan fingerprint density at radius 2 is 1.95 bits per heavy atom. The molecule has 1 rings (SSSR count). The Kier molecular flexibility index (Phi) is 5.82. The van der Waals surface area contributed by atoms with Crippen molar-refractivity contribution in [3.8, 4) is 0 Å². The molecule has 3 atom stereocenters. The predicted octanol–water partition coefficient (Wildman–Crippen LogP) is 3.62. The van der Waals surface area contributed by atoms with Crippen LogP contribution in [0.15, 0.2) is 12.2 Å². The van der Waals surface area contributed by atoms with Gasteiger partial charge in [-0.2, -0.15) is 0 Å². The van der Waals surface area contributed by atoms with Crippen molar-refractivity contribution in [2.45, 2.75) is 72.9 Å². The van der Waals surface area contributed by atoms with Gasteiger partial charge in [0.25, 0.3) is 0 Å². The summed E-state index contributed by atoms with van der Waals surface area (Å²) in [7, 11) is 2.13. The molecule has 1 N–H and O–H groups in total. The molecule has 0 aromatic rings. The highest BCUT2D eigenvalue weighted by Crippen LogP contribution is 2.38. The van der Waals surface area contributed by atoms with Gasteiger partial charge in [-0.3, -0.25) is 10.2 Å². The van der Waals surface area contributed by atoms with Crippen LogP contribution in [0, 0.1) is 11.3 Å². The molecule has 0 bridgehead atoms. The van der Waals surface area contributed by atoms with E-state index in [1.54, 1.807) is 0 Å². The van der Waals surface area contributed by atoms with Crippen LogP contribution in [0.1, 0.15) is 54.9 Å². The summed E-state index contributed by atoms with van der Waals surface area (Å²) in [6.45, 7) is 16.6. The van der Waals surface area contributed by atoms with Gasteiger partial charge < -0.3 is 4.74 Å². The van der Waals surface area contributed by atoms with Crippen LogP contribution in [0.5, 0.6) is 0 Å². The first-order valence-corrected chi connectivity index (χ1v) is 7.95. The van der Waals surface area contributed by atoms with Crippen molar-refractivity contribution in [1.29, 1.82) is 0 Å². The van der Waals surface area contributed by atoms with E-state index in [2.05, 4.69) is 77.9 Å². The molecule has 1 aliphatic heterocycles. The monoisotopic (exact) mass is 282 g/mol. The molecule has 118 valence electrons. The van der Waals surface area contributed by atoms with Crippen LogP contribution in [-0.4, -0.2) is 36.5 Å². The van der Waals surface area contributed by atoms with Gasteiger partial charge in [0, 0.05) is 6.04 Å². The highest BCUT2D eigenvalue weighted by atomic mass is 16.6. The summed E-state index contributed by atoms with van der Waals surface area (Å²) in [5.41, 5.74) is 0.125. The number of ether oxygens (including phenoxy) is 1. The second-order valence-electron chi connectivity index (χ2n) is 7.12. The number of likely N-dealkylation sites (N-methyl/N-ethyl adjacent to an activating group) is 1. The van der Waals surface area contributed by atoms with Crippen molar-refractivity contribution >= 4 is 0 Å². The Balaban J connectivity index is 2.43. The Morgan fingerprint density at radius 1 is 1.35 bits per heavy atom. The molecule has 1 heterocycles. The van der Waals surface area contributed by atoms with Crippen LogP contribution < -0.4 is 5.32 Å². The molecule has 0 amide bonds. The summed E-state index contributed by atoms with van der Waals surface area (Å²) in [6, 6.07) is 0.496. The average Bonchev–Trinajstić information content (AvgIpc) is 3.00. The second kappa shape index (κ2) is 6.59. The molecule has 0 aromatic heterocycles. The maximum absolute atomic E-state index is 5.86. The summed E-state index contributed by atoms with van der Waals surface area (Å²) in [5, 5.41) is 3.55. The summed E-state index contributed by atoms with van der Waals surface area (Å²) >= 11 is 0. The molecular weight excluding hydrogens is 248 g/mol. The second-order valence-corrected chi connectivity index (χ2v) is 7.12. The van der Waals surface area contributed by atoms with Gasteiger partial charge in [-0.05, 0) is 59.0 Å². The van der Waals surface area contributed by atoms with E-state index in [0.29, 0.717) is 12.0 Å².